The molecule has 5 rings (SSSR count). The van der Waals surface area contributed by atoms with Crippen molar-refractivity contribution in [2.45, 2.75) is 31.7 Å². The van der Waals surface area contributed by atoms with E-state index in [2.05, 4.69) is 10.1 Å². The molecule has 1 saturated heterocycles. The Bertz CT molecular complexity index is 1380. The maximum absolute atomic E-state index is 13.0. The van der Waals surface area contributed by atoms with Crippen molar-refractivity contribution in [3.63, 3.8) is 0 Å². The molecule has 1 amide bonds. The molecule has 0 spiro atoms. The lowest BCUT2D eigenvalue weighted by atomic mass is 9.98. The molecule has 0 unspecified atom stereocenters. The highest BCUT2D eigenvalue weighted by Crippen LogP contribution is 2.27. The van der Waals surface area contributed by atoms with Gasteiger partial charge in [0.1, 0.15) is 18.1 Å². The van der Waals surface area contributed by atoms with Crippen LogP contribution in [0.3, 0.4) is 0 Å². The van der Waals surface area contributed by atoms with Crippen LogP contribution in [0.4, 0.5) is 0 Å². The van der Waals surface area contributed by atoms with Crippen LogP contribution in [-0.2, 0) is 17.8 Å². The van der Waals surface area contributed by atoms with Crippen molar-refractivity contribution in [2.24, 2.45) is 0 Å². The fourth-order valence-electron chi connectivity index (χ4n) is 4.45. The Balaban J connectivity index is 1.26. The first-order chi connectivity index (χ1) is 16.6. The number of hydrogen-bond donors (Lipinski definition) is 0. The molecule has 0 N–H and O–H groups in total. The van der Waals surface area contributed by atoms with E-state index in [1.807, 2.05) is 42.5 Å². The molecule has 3 heterocycles. The third-order valence-corrected chi connectivity index (χ3v) is 6.25. The molecule has 8 heteroatoms. The average molecular weight is 459 g/mol. The number of amides is 1. The van der Waals surface area contributed by atoms with E-state index in [4.69, 9.17) is 9.15 Å². The molecule has 1 aliphatic rings. The zero-order valence-corrected chi connectivity index (χ0v) is 19.0. The summed E-state index contributed by atoms with van der Waals surface area (Å²) in [4.78, 5) is 32.0. The molecule has 2 aromatic carbocycles. The summed E-state index contributed by atoms with van der Waals surface area (Å²) in [5, 5.41) is 5.52. The monoisotopic (exact) mass is 458 g/mol. The average Bonchev–Trinajstić information content (AvgIpc) is 3.34. The Morgan fingerprint density at radius 3 is 2.94 bits per heavy atom. The Labute approximate surface area is 196 Å². The molecule has 0 aliphatic carbocycles. The summed E-state index contributed by atoms with van der Waals surface area (Å²) in [5.41, 5.74) is 0.825. The number of rotatable bonds is 6. The molecule has 0 saturated carbocycles. The lowest BCUT2D eigenvalue weighted by Crippen LogP contribution is -2.42. The minimum atomic E-state index is -0.255. The first-order valence-electron chi connectivity index (χ1n) is 11.4. The third kappa shape index (κ3) is 4.57. The molecule has 0 bridgehead atoms. The molecule has 1 fully saturated rings. The molecule has 1 atom stereocenters. The number of nitrogens with zero attached hydrogens (tertiary/aromatic N) is 4. The van der Waals surface area contributed by atoms with Gasteiger partial charge < -0.3 is 14.1 Å². The van der Waals surface area contributed by atoms with Gasteiger partial charge in [-0.3, -0.25) is 9.59 Å². The molecule has 8 nitrogen and oxygen atoms in total. The lowest BCUT2D eigenvalue weighted by molar-refractivity contribution is -0.133. The second-order valence-corrected chi connectivity index (χ2v) is 8.57. The smallest absolute Gasteiger partial charge is 0.275 e. The molecule has 2 aromatic heterocycles. The first kappa shape index (κ1) is 21.9. The number of oxazole rings is 1. The Hall–Kier alpha value is -3.94. The van der Waals surface area contributed by atoms with E-state index < -0.39 is 0 Å². The number of likely N-dealkylation sites (tertiary alicyclic amines) is 1. The zero-order chi connectivity index (χ0) is 23.5. The Morgan fingerprint density at radius 2 is 2.06 bits per heavy atom. The van der Waals surface area contributed by atoms with Crippen LogP contribution in [0.15, 0.2) is 70.1 Å². The van der Waals surface area contributed by atoms with E-state index in [-0.39, 0.29) is 23.9 Å². The third-order valence-electron chi connectivity index (χ3n) is 6.25. The highest BCUT2D eigenvalue weighted by atomic mass is 16.5. The number of ether oxygens (including phenoxy) is 1. The number of hydrogen-bond acceptors (Lipinski definition) is 6. The normalized spacial score (nSPS) is 16.0. The van der Waals surface area contributed by atoms with Crippen molar-refractivity contribution in [3.05, 3.63) is 88.5 Å². The minimum absolute atomic E-state index is 0.0260. The number of carbonyl (C=O) groups excluding carboxylic acids is 1. The SMILES string of the molecule is COc1cccc(Cc2cnc([C@H]3CCCN(C(=O)Cn4ncc5ccccc5c4=O)C3)o2)c1. The van der Waals surface area contributed by atoms with Crippen LogP contribution >= 0.6 is 0 Å². The predicted octanol–water partition coefficient (Wildman–Crippen LogP) is 3.39. The summed E-state index contributed by atoms with van der Waals surface area (Å²) in [7, 11) is 1.65. The summed E-state index contributed by atoms with van der Waals surface area (Å²) < 4.78 is 12.6. The first-order valence-corrected chi connectivity index (χ1v) is 11.4. The maximum Gasteiger partial charge on any atom is 0.275 e. The van der Waals surface area contributed by atoms with Gasteiger partial charge in [-0.2, -0.15) is 5.10 Å². The van der Waals surface area contributed by atoms with E-state index >= 15 is 0 Å². The second-order valence-electron chi connectivity index (χ2n) is 8.57. The van der Waals surface area contributed by atoms with E-state index in [1.54, 1.807) is 30.5 Å². The van der Waals surface area contributed by atoms with Crippen LogP contribution in [0.5, 0.6) is 5.75 Å². The van der Waals surface area contributed by atoms with Gasteiger partial charge in [0.15, 0.2) is 5.89 Å². The van der Waals surface area contributed by atoms with Crippen LogP contribution < -0.4 is 10.3 Å². The van der Waals surface area contributed by atoms with Crippen molar-refractivity contribution >= 4 is 16.7 Å². The molecule has 0 radical (unpaired) electrons. The van der Waals surface area contributed by atoms with Gasteiger partial charge in [0.2, 0.25) is 5.91 Å². The van der Waals surface area contributed by atoms with Gasteiger partial charge in [0.25, 0.3) is 5.56 Å². The molecule has 1 aliphatic heterocycles. The van der Waals surface area contributed by atoms with E-state index in [1.165, 1.54) is 4.68 Å². The Morgan fingerprint density at radius 1 is 1.18 bits per heavy atom. The van der Waals surface area contributed by atoms with Crippen molar-refractivity contribution in [3.8, 4) is 5.75 Å². The largest absolute Gasteiger partial charge is 0.497 e. The molecule has 4 aromatic rings. The number of methoxy groups -OCH3 is 1. The highest BCUT2D eigenvalue weighted by molar-refractivity contribution is 5.81. The maximum atomic E-state index is 13.0. The number of piperidine rings is 1. The van der Waals surface area contributed by atoms with Gasteiger partial charge in [0, 0.05) is 24.9 Å². The number of aromatic nitrogens is 3. The topological polar surface area (TPSA) is 90.5 Å². The Kier molecular flexibility index (Phi) is 6.12. The fourth-order valence-corrected chi connectivity index (χ4v) is 4.45. The van der Waals surface area contributed by atoms with Crippen molar-refractivity contribution < 1.29 is 13.9 Å². The number of fused-ring (bicyclic) bond motifs is 1. The van der Waals surface area contributed by atoms with Crippen LogP contribution in [0.25, 0.3) is 10.8 Å². The van der Waals surface area contributed by atoms with E-state index in [0.717, 1.165) is 35.3 Å². The number of carbonyl (C=O) groups is 1. The van der Waals surface area contributed by atoms with Crippen LogP contribution in [-0.4, -0.2) is 45.8 Å². The van der Waals surface area contributed by atoms with Crippen molar-refractivity contribution in [2.75, 3.05) is 20.2 Å². The van der Waals surface area contributed by atoms with Gasteiger partial charge in [0.05, 0.1) is 30.8 Å². The summed E-state index contributed by atoms with van der Waals surface area (Å²) in [5.74, 6) is 2.13. The molecule has 34 heavy (non-hydrogen) atoms. The molecular formula is C26H26N4O4. The molecule has 174 valence electrons. The van der Waals surface area contributed by atoms with E-state index in [0.29, 0.717) is 30.8 Å². The second kappa shape index (κ2) is 9.51. The van der Waals surface area contributed by atoms with Crippen LogP contribution in [0, 0.1) is 0 Å². The van der Waals surface area contributed by atoms with Gasteiger partial charge >= 0.3 is 0 Å². The van der Waals surface area contributed by atoms with Crippen LogP contribution in [0.1, 0.15) is 36.0 Å². The summed E-state index contributed by atoms with van der Waals surface area (Å²) in [6.45, 7) is 1.08. The summed E-state index contributed by atoms with van der Waals surface area (Å²) in [6.07, 6.45) is 5.75. The van der Waals surface area contributed by atoms with Gasteiger partial charge in [-0.25, -0.2) is 9.67 Å². The van der Waals surface area contributed by atoms with Gasteiger partial charge in [-0.15, -0.1) is 0 Å². The van der Waals surface area contributed by atoms with Gasteiger partial charge in [-0.1, -0.05) is 30.3 Å². The minimum Gasteiger partial charge on any atom is -0.497 e. The van der Waals surface area contributed by atoms with Crippen molar-refractivity contribution in [1.82, 2.24) is 19.7 Å². The highest BCUT2D eigenvalue weighted by Gasteiger charge is 2.28. The van der Waals surface area contributed by atoms with Gasteiger partial charge in [-0.05, 0) is 36.6 Å². The summed E-state index contributed by atoms with van der Waals surface area (Å²) in [6, 6.07) is 15.1. The fraction of sp³-hybridized carbons (Fsp3) is 0.308. The standard InChI is InChI=1S/C26H26N4O4/c1-33-21-9-4-6-18(12-21)13-22-15-27-25(34-22)20-8-5-11-29(16-20)24(31)17-30-26(32)23-10-3-2-7-19(23)14-28-30/h2-4,6-7,9-10,12,14-15,20H,5,8,11,13,16-17H2,1H3/t20-/m0/s1. The number of benzene rings is 2. The molecular weight excluding hydrogens is 432 g/mol. The van der Waals surface area contributed by atoms with Crippen LogP contribution in [0.2, 0.25) is 0 Å². The quantitative estimate of drug-likeness (QED) is 0.440. The zero-order valence-electron chi connectivity index (χ0n) is 19.0. The van der Waals surface area contributed by atoms with E-state index in [9.17, 15) is 9.59 Å². The lowest BCUT2D eigenvalue weighted by Gasteiger charge is -2.31. The van der Waals surface area contributed by atoms with Crippen molar-refractivity contribution in [1.29, 1.82) is 0 Å². The summed E-state index contributed by atoms with van der Waals surface area (Å²) >= 11 is 0. The predicted molar refractivity (Wildman–Crippen MR) is 127 cm³/mol.